The van der Waals surface area contributed by atoms with Crippen molar-refractivity contribution in [1.29, 1.82) is 0 Å². The molecule has 5 nitrogen and oxygen atoms in total. The summed E-state index contributed by atoms with van der Waals surface area (Å²) in [5, 5.41) is 4.81. The van der Waals surface area contributed by atoms with Crippen LogP contribution in [0, 0.1) is 0 Å². The molecule has 0 fully saturated rings. The zero-order chi connectivity index (χ0) is 20.5. The van der Waals surface area contributed by atoms with Crippen molar-refractivity contribution in [3.05, 3.63) is 83.9 Å². The monoisotopic (exact) mass is 389 g/mol. The number of nitrogens with one attached hydrogen (secondary N) is 1. The highest BCUT2D eigenvalue weighted by Gasteiger charge is 2.10. The number of ketones is 1. The topological polar surface area (TPSA) is 72.5 Å². The Morgan fingerprint density at radius 1 is 0.759 bits per heavy atom. The number of ether oxygens (including phenoxy) is 1. The Bertz CT molecular complexity index is 993. The van der Waals surface area contributed by atoms with Crippen molar-refractivity contribution in [3.8, 4) is 0 Å². The van der Waals surface area contributed by atoms with Crippen LogP contribution < -0.4 is 5.32 Å². The van der Waals surface area contributed by atoms with E-state index in [9.17, 15) is 14.4 Å². The van der Waals surface area contributed by atoms with Crippen molar-refractivity contribution < 1.29 is 19.1 Å². The van der Waals surface area contributed by atoms with Crippen molar-refractivity contribution in [2.24, 2.45) is 0 Å². The molecule has 5 heteroatoms. The predicted molar refractivity (Wildman–Crippen MR) is 111 cm³/mol. The zero-order valence-corrected chi connectivity index (χ0v) is 16.1. The number of carbonyl (C=O) groups is 3. The molecule has 0 saturated carbocycles. The first-order valence-electron chi connectivity index (χ1n) is 9.60. The van der Waals surface area contributed by atoms with Crippen molar-refractivity contribution in [2.45, 2.75) is 25.9 Å². The van der Waals surface area contributed by atoms with E-state index in [4.69, 9.17) is 4.74 Å². The van der Waals surface area contributed by atoms with Crippen molar-refractivity contribution in [3.63, 3.8) is 0 Å². The van der Waals surface area contributed by atoms with Gasteiger partial charge in [-0.05, 0) is 16.3 Å². The number of benzene rings is 3. The first-order valence-corrected chi connectivity index (χ1v) is 9.60. The van der Waals surface area contributed by atoms with Gasteiger partial charge >= 0.3 is 5.97 Å². The van der Waals surface area contributed by atoms with Gasteiger partial charge in [0, 0.05) is 24.9 Å². The molecule has 3 aromatic carbocycles. The summed E-state index contributed by atoms with van der Waals surface area (Å²) in [6.45, 7) is 0.381. The molecule has 0 heterocycles. The fraction of sp³-hybridized carbons (Fsp3) is 0.208. The van der Waals surface area contributed by atoms with Crippen LogP contribution in [0.5, 0.6) is 0 Å². The summed E-state index contributed by atoms with van der Waals surface area (Å²) < 4.78 is 5.33. The van der Waals surface area contributed by atoms with Crippen LogP contribution in [0.15, 0.2) is 72.8 Å². The molecular formula is C24H23NO4. The van der Waals surface area contributed by atoms with Gasteiger partial charge in [-0.2, -0.15) is 0 Å². The summed E-state index contributed by atoms with van der Waals surface area (Å²) in [5.41, 5.74) is 1.54. The molecule has 0 aliphatic heterocycles. The summed E-state index contributed by atoms with van der Waals surface area (Å²) in [7, 11) is 0. The molecule has 148 valence electrons. The summed E-state index contributed by atoms with van der Waals surface area (Å²) in [4.78, 5) is 35.8. The average molecular weight is 389 g/mol. The van der Waals surface area contributed by atoms with Crippen LogP contribution in [-0.4, -0.2) is 24.2 Å². The molecule has 0 bridgehead atoms. The van der Waals surface area contributed by atoms with Gasteiger partial charge in [-0.15, -0.1) is 0 Å². The van der Waals surface area contributed by atoms with E-state index < -0.39 is 0 Å². The second-order valence-electron chi connectivity index (χ2n) is 6.69. The third-order valence-corrected chi connectivity index (χ3v) is 4.59. The number of rotatable bonds is 9. The normalized spacial score (nSPS) is 10.5. The Labute approximate surface area is 169 Å². The fourth-order valence-electron chi connectivity index (χ4n) is 3.04. The largest absolute Gasteiger partial charge is 0.461 e. The van der Waals surface area contributed by atoms with Gasteiger partial charge in [-0.1, -0.05) is 72.8 Å². The number of hydrogen-bond acceptors (Lipinski definition) is 4. The highest BCUT2D eigenvalue weighted by Crippen LogP contribution is 2.19. The van der Waals surface area contributed by atoms with Gasteiger partial charge in [0.05, 0.1) is 6.42 Å². The number of carbonyl (C=O) groups excluding carboxylic acids is 3. The van der Waals surface area contributed by atoms with Crippen molar-refractivity contribution in [1.82, 2.24) is 5.32 Å². The molecule has 0 aromatic heterocycles. The molecule has 29 heavy (non-hydrogen) atoms. The lowest BCUT2D eigenvalue weighted by Gasteiger charge is -2.09. The molecule has 3 aromatic rings. The number of fused-ring (bicyclic) bond motifs is 1. The van der Waals surface area contributed by atoms with E-state index in [0.717, 1.165) is 16.3 Å². The van der Waals surface area contributed by atoms with Crippen LogP contribution in [0.1, 0.15) is 35.2 Å². The standard InChI is InChI=1S/C24H23NO4/c26-22(19-8-2-1-3-9-19)13-14-23(27)25-16-15-24(28)29-17-20-11-6-10-18-7-4-5-12-21(18)20/h1-12H,13-17H2,(H,25,27). The van der Waals surface area contributed by atoms with Gasteiger partial charge in [-0.25, -0.2) is 0 Å². The smallest absolute Gasteiger partial charge is 0.307 e. The highest BCUT2D eigenvalue weighted by molar-refractivity contribution is 5.97. The van der Waals surface area contributed by atoms with Crippen LogP contribution in [0.2, 0.25) is 0 Å². The van der Waals surface area contributed by atoms with E-state index in [0.29, 0.717) is 5.56 Å². The van der Waals surface area contributed by atoms with Crippen LogP contribution in [-0.2, 0) is 20.9 Å². The van der Waals surface area contributed by atoms with Gasteiger partial charge in [0.2, 0.25) is 5.91 Å². The van der Waals surface area contributed by atoms with Crippen LogP contribution in [0.4, 0.5) is 0 Å². The maximum absolute atomic E-state index is 12.0. The van der Waals surface area contributed by atoms with Gasteiger partial charge < -0.3 is 10.1 Å². The Hall–Kier alpha value is -3.47. The SMILES string of the molecule is O=C(CCC(=O)c1ccccc1)NCCC(=O)OCc1cccc2ccccc12. The van der Waals surface area contributed by atoms with Gasteiger partial charge in [0.25, 0.3) is 0 Å². The highest BCUT2D eigenvalue weighted by atomic mass is 16.5. The number of Topliss-reactive ketones (excluding diaryl/α,β-unsaturated/α-hetero) is 1. The van der Waals surface area contributed by atoms with Crippen molar-refractivity contribution >= 4 is 28.4 Å². The second kappa shape index (κ2) is 10.2. The van der Waals surface area contributed by atoms with E-state index in [1.807, 2.05) is 48.5 Å². The number of hydrogen-bond donors (Lipinski definition) is 1. The van der Waals surface area contributed by atoms with Crippen molar-refractivity contribution in [2.75, 3.05) is 6.54 Å². The van der Waals surface area contributed by atoms with E-state index in [1.165, 1.54) is 0 Å². The quantitative estimate of drug-likeness (QED) is 0.443. The summed E-state index contributed by atoms with van der Waals surface area (Å²) in [6.07, 6.45) is 0.323. The minimum absolute atomic E-state index is 0.0738. The molecule has 0 aliphatic rings. The summed E-state index contributed by atoms with van der Waals surface area (Å²) >= 11 is 0. The van der Waals surface area contributed by atoms with Crippen LogP contribution in [0.25, 0.3) is 10.8 Å². The molecule has 0 aliphatic carbocycles. The van der Waals surface area contributed by atoms with E-state index in [-0.39, 0.29) is 50.1 Å². The van der Waals surface area contributed by atoms with Gasteiger partial charge in [-0.3, -0.25) is 14.4 Å². The Morgan fingerprint density at radius 2 is 1.48 bits per heavy atom. The lowest BCUT2D eigenvalue weighted by molar-refractivity contribution is -0.144. The van der Waals surface area contributed by atoms with E-state index in [2.05, 4.69) is 5.32 Å². The molecule has 1 amide bonds. The molecule has 0 radical (unpaired) electrons. The Kier molecular flexibility index (Phi) is 7.11. The zero-order valence-electron chi connectivity index (χ0n) is 16.1. The first kappa shape index (κ1) is 20.3. The molecule has 1 N–H and O–H groups in total. The summed E-state index contributed by atoms with van der Waals surface area (Å²) in [6, 6.07) is 22.7. The minimum Gasteiger partial charge on any atom is -0.461 e. The third-order valence-electron chi connectivity index (χ3n) is 4.59. The van der Waals surface area contributed by atoms with Gasteiger partial charge in [0.1, 0.15) is 6.61 Å². The Morgan fingerprint density at radius 3 is 2.31 bits per heavy atom. The molecule has 0 atom stereocenters. The fourth-order valence-corrected chi connectivity index (χ4v) is 3.04. The summed E-state index contributed by atoms with van der Waals surface area (Å²) in [5.74, 6) is -0.704. The number of esters is 1. The molecule has 0 saturated heterocycles. The molecule has 0 unspecified atom stereocenters. The predicted octanol–water partition coefficient (Wildman–Crippen LogP) is 4.05. The minimum atomic E-state index is -0.376. The maximum Gasteiger partial charge on any atom is 0.307 e. The molecule has 0 spiro atoms. The Balaban J connectivity index is 1.36. The molecule has 3 rings (SSSR count). The lowest BCUT2D eigenvalue weighted by Crippen LogP contribution is -2.26. The molecular weight excluding hydrogens is 366 g/mol. The van der Waals surface area contributed by atoms with E-state index >= 15 is 0 Å². The van der Waals surface area contributed by atoms with E-state index in [1.54, 1.807) is 24.3 Å². The van der Waals surface area contributed by atoms with Crippen LogP contribution >= 0.6 is 0 Å². The lowest BCUT2D eigenvalue weighted by atomic mass is 10.1. The maximum atomic E-state index is 12.0. The second-order valence-corrected chi connectivity index (χ2v) is 6.69. The van der Waals surface area contributed by atoms with Gasteiger partial charge in [0.15, 0.2) is 5.78 Å². The first-order chi connectivity index (χ1) is 14.1. The number of amides is 1. The third kappa shape index (κ3) is 6.01. The average Bonchev–Trinajstić information content (AvgIpc) is 2.76. The van der Waals surface area contributed by atoms with Crippen LogP contribution in [0.3, 0.4) is 0 Å².